The Morgan fingerprint density at radius 3 is 2.30 bits per heavy atom. The SMILES string of the molecule is CC.CCC.CCOC1(OC)c2ncsc2-c2sc(C)nc2C12OCCO2. The van der Waals surface area contributed by atoms with Crippen molar-refractivity contribution in [2.24, 2.45) is 0 Å². The number of aromatic nitrogens is 2. The standard InChI is InChI=1S/C14H16N2O4S2.C3H8.C2H6/c1-4-18-13(17-3)11-9(21-7-15-11)10-12(16-8(2)22-10)14(13)19-5-6-20-14;1-3-2;1-2/h7H,4-6H2,1-3H3;3H2,1-2H3;1-2H3. The Balaban J connectivity index is 0.000000478. The summed E-state index contributed by atoms with van der Waals surface area (Å²) in [6.45, 7) is 13.5. The highest BCUT2D eigenvalue weighted by molar-refractivity contribution is 7.21. The molecule has 0 saturated carbocycles. The summed E-state index contributed by atoms with van der Waals surface area (Å²) in [5.74, 6) is -2.43. The van der Waals surface area contributed by atoms with Crippen LogP contribution in [0.15, 0.2) is 5.51 Å². The average molecular weight is 415 g/mol. The summed E-state index contributed by atoms with van der Waals surface area (Å²) >= 11 is 3.17. The van der Waals surface area contributed by atoms with Crippen LogP contribution in [0.5, 0.6) is 0 Å². The summed E-state index contributed by atoms with van der Waals surface area (Å²) in [6, 6.07) is 0. The van der Waals surface area contributed by atoms with E-state index in [4.69, 9.17) is 18.9 Å². The van der Waals surface area contributed by atoms with Crippen LogP contribution < -0.4 is 0 Å². The van der Waals surface area contributed by atoms with Crippen molar-refractivity contribution in [3.63, 3.8) is 0 Å². The Morgan fingerprint density at radius 2 is 1.74 bits per heavy atom. The number of ether oxygens (including phenoxy) is 4. The van der Waals surface area contributed by atoms with Crippen LogP contribution >= 0.6 is 22.7 Å². The van der Waals surface area contributed by atoms with E-state index < -0.39 is 11.6 Å². The number of methoxy groups -OCH3 is 1. The predicted octanol–water partition coefficient (Wildman–Crippen LogP) is 5.07. The predicted molar refractivity (Wildman–Crippen MR) is 109 cm³/mol. The van der Waals surface area contributed by atoms with Crippen molar-refractivity contribution >= 4 is 22.7 Å². The second-order valence-corrected chi connectivity index (χ2v) is 7.77. The minimum atomic E-state index is -1.24. The van der Waals surface area contributed by atoms with Crippen LogP contribution in [-0.2, 0) is 30.5 Å². The molecule has 0 bridgehead atoms. The van der Waals surface area contributed by atoms with Crippen LogP contribution in [0, 0.1) is 6.92 Å². The summed E-state index contributed by atoms with van der Waals surface area (Å²) in [4.78, 5) is 11.2. The average Bonchev–Trinajstić information content (AvgIpc) is 3.41. The van der Waals surface area contributed by atoms with E-state index in [1.54, 1.807) is 35.3 Å². The molecule has 1 spiro atoms. The molecule has 27 heavy (non-hydrogen) atoms. The highest BCUT2D eigenvalue weighted by atomic mass is 32.1. The summed E-state index contributed by atoms with van der Waals surface area (Å²) in [5, 5.41) is 0.950. The van der Waals surface area contributed by atoms with Crippen molar-refractivity contribution in [2.45, 2.75) is 59.5 Å². The van der Waals surface area contributed by atoms with Crippen LogP contribution in [0.4, 0.5) is 0 Å². The van der Waals surface area contributed by atoms with Crippen LogP contribution in [0.3, 0.4) is 0 Å². The molecule has 1 saturated heterocycles. The molecule has 2 aromatic rings. The number of rotatable bonds is 3. The Kier molecular flexibility index (Phi) is 7.91. The minimum Gasteiger partial charge on any atom is -0.343 e. The Bertz CT molecular complexity index is 725. The van der Waals surface area contributed by atoms with E-state index in [0.29, 0.717) is 25.5 Å². The van der Waals surface area contributed by atoms with Crippen LogP contribution in [0.25, 0.3) is 9.75 Å². The molecule has 1 aliphatic heterocycles. The summed E-state index contributed by atoms with van der Waals surface area (Å²) < 4.78 is 24.0. The van der Waals surface area contributed by atoms with Crippen molar-refractivity contribution < 1.29 is 18.9 Å². The van der Waals surface area contributed by atoms with Gasteiger partial charge in [0.2, 0.25) is 0 Å². The number of thiazole rings is 2. The summed E-state index contributed by atoms with van der Waals surface area (Å²) in [7, 11) is 1.59. The first-order valence-corrected chi connectivity index (χ1v) is 11.2. The minimum absolute atomic E-state index is 0.442. The lowest BCUT2D eigenvalue weighted by Gasteiger charge is -2.45. The third-order valence-corrected chi connectivity index (χ3v) is 5.86. The Labute approximate surface area is 169 Å². The Hall–Kier alpha value is -0.900. The van der Waals surface area contributed by atoms with Crippen molar-refractivity contribution in [3.05, 3.63) is 21.9 Å². The van der Waals surface area contributed by atoms with Gasteiger partial charge in [-0.3, -0.25) is 0 Å². The van der Waals surface area contributed by atoms with Gasteiger partial charge in [0.25, 0.3) is 11.6 Å². The first-order chi connectivity index (χ1) is 13.1. The highest BCUT2D eigenvalue weighted by Crippen LogP contribution is 2.59. The fourth-order valence-electron chi connectivity index (χ4n) is 3.15. The van der Waals surface area contributed by atoms with Crippen LogP contribution in [0.2, 0.25) is 0 Å². The molecular formula is C19H30N2O4S2. The molecule has 2 aliphatic rings. The summed E-state index contributed by atoms with van der Waals surface area (Å²) in [6.07, 6.45) is 1.25. The zero-order chi connectivity index (χ0) is 20.1. The highest BCUT2D eigenvalue weighted by Gasteiger charge is 2.67. The van der Waals surface area contributed by atoms with E-state index in [2.05, 4.69) is 23.8 Å². The molecule has 1 fully saturated rings. The summed E-state index contributed by atoms with van der Waals surface area (Å²) in [5.41, 5.74) is 3.24. The fourth-order valence-corrected chi connectivity index (χ4v) is 5.09. The number of nitrogens with zero attached hydrogens (tertiary/aromatic N) is 2. The van der Waals surface area contributed by atoms with Crippen molar-refractivity contribution in [3.8, 4) is 9.75 Å². The topological polar surface area (TPSA) is 62.7 Å². The van der Waals surface area contributed by atoms with Gasteiger partial charge in [0.15, 0.2) is 0 Å². The quantitative estimate of drug-likeness (QED) is 0.654. The van der Waals surface area contributed by atoms with Gasteiger partial charge in [-0.25, -0.2) is 9.97 Å². The normalized spacial score (nSPS) is 21.6. The van der Waals surface area contributed by atoms with E-state index in [-0.39, 0.29) is 0 Å². The lowest BCUT2D eigenvalue weighted by atomic mass is 9.90. The van der Waals surface area contributed by atoms with Crippen LogP contribution in [0.1, 0.15) is 57.4 Å². The maximum atomic E-state index is 6.04. The molecule has 152 valence electrons. The molecule has 3 heterocycles. The first-order valence-electron chi connectivity index (χ1n) is 9.49. The van der Waals surface area contributed by atoms with Gasteiger partial charge in [-0.2, -0.15) is 0 Å². The molecule has 1 atom stereocenters. The van der Waals surface area contributed by atoms with Gasteiger partial charge in [0, 0.05) is 13.7 Å². The van der Waals surface area contributed by atoms with Gasteiger partial charge in [0.1, 0.15) is 11.4 Å². The molecule has 4 rings (SSSR count). The number of hydrogen-bond acceptors (Lipinski definition) is 8. The molecule has 0 N–H and O–H groups in total. The number of hydrogen-bond donors (Lipinski definition) is 0. The lowest BCUT2D eigenvalue weighted by Crippen LogP contribution is -2.56. The fraction of sp³-hybridized carbons (Fsp3) is 0.684. The molecule has 1 aliphatic carbocycles. The zero-order valence-corrected chi connectivity index (χ0v) is 18.9. The molecule has 2 aromatic heterocycles. The van der Waals surface area contributed by atoms with Gasteiger partial charge >= 0.3 is 0 Å². The maximum Gasteiger partial charge on any atom is 0.276 e. The maximum absolute atomic E-state index is 6.04. The molecular weight excluding hydrogens is 384 g/mol. The first kappa shape index (κ1) is 22.4. The molecule has 6 nitrogen and oxygen atoms in total. The third kappa shape index (κ3) is 3.47. The smallest absolute Gasteiger partial charge is 0.276 e. The molecule has 8 heteroatoms. The van der Waals surface area contributed by atoms with Crippen molar-refractivity contribution in [1.82, 2.24) is 9.97 Å². The molecule has 1 unspecified atom stereocenters. The molecule has 0 aromatic carbocycles. The molecule has 0 radical (unpaired) electrons. The second kappa shape index (κ2) is 9.54. The monoisotopic (exact) mass is 414 g/mol. The van der Waals surface area contributed by atoms with Crippen LogP contribution in [-0.4, -0.2) is 36.9 Å². The van der Waals surface area contributed by atoms with Crippen molar-refractivity contribution in [2.75, 3.05) is 26.9 Å². The van der Waals surface area contributed by atoms with E-state index in [1.165, 1.54) is 6.42 Å². The van der Waals surface area contributed by atoms with E-state index in [0.717, 1.165) is 20.5 Å². The third-order valence-electron chi connectivity index (χ3n) is 3.89. The second-order valence-electron chi connectivity index (χ2n) is 5.72. The zero-order valence-electron chi connectivity index (χ0n) is 17.2. The molecule has 0 amide bonds. The lowest BCUT2D eigenvalue weighted by molar-refractivity contribution is -0.396. The number of aryl methyl sites for hydroxylation is 1. The number of fused-ring (bicyclic) bond motifs is 4. The van der Waals surface area contributed by atoms with E-state index in [9.17, 15) is 0 Å². The van der Waals surface area contributed by atoms with E-state index in [1.807, 2.05) is 27.7 Å². The van der Waals surface area contributed by atoms with E-state index >= 15 is 0 Å². The Morgan fingerprint density at radius 1 is 1.11 bits per heavy atom. The largest absolute Gasteiger partial charge is 0.343 e. The van der Waals surface area contributed by atoms with Crippen molar-refractivity contribution in [1.29, 1.82) is 0 Å². The van der Waals surface area contributed by atoms with Gasteiger partial charge < -0.3 is 18.9 Å². The van der Waals surface area contributed by atoms with Gasteiger partial charge in [0.05, 0.1) is 33.5 Å². The van der Waals surface area contributed by atoms with Gasteiger partial charge in [-0.15, -0.1) is 22.7 Å². The van der Waals surface area contributed by atoms with Gasteiger partial charge in [-0.05, 0) is 13.8 Å². The van der Waals surface area contributed by atoms with Gasteiger partial charge in [-0.1, -0.05) is 34.1 Å².